The van der Waals surface area contributed by atoms with E-state index in [-0.39, 0.29) is 0 Å². The molecule has 1 heterocycles. The van der Waals surface area contributed by atoms with Crippen molar-refractivity contribution in [3.63, 3.8) is 0 Å². The Bertz CT molecular complexity index is 474. The second-order valence-electron chi connectivity index (χ2n) is 3.17. The number of allylic oxidation sites excluding steroid dienone is 1. The largest absolute Gasteiger partial charge is 0.228 e. The molecule has 2 aromatic rings. The molecule has 0 atom stereocenters. The van der Waals surface area contributed by atoms with Gasteiger partial charge in [-0.3, -0.25) is 0 Å². The molecule has 1 aromatic heterocycles. The number of hydrogen-bond donors (Lipinski definition) is 0. The van der Waals surface area contributed by atoms with E-state index < -0.39 is 0 Å². The maximum Gasteiger partial charge on any atom is 0.138 e. The summed E-state index contributed by atoms with van der Waals surface area (Å²) in [4.78, 5) is 3.87. The van der Waals surface area contributed by atoms with Gasteiger partial charge in [-0.05, 0) is 24.1 Å². The predicted molar refractivity (Wildman–Crippen MR) is 61.3 cm³/mol. The molecule has 3 nitrogen and oxygen atoms in total. The second kappa shape index (κ2) is 4.28. The van der Waals surface area contributed by atoms with Crippen LogP contribution in [0, 0.1) is 0 Å². The summed E-state index contributed by atoms with van der Waals surface area (Å²) in [7, 11) is 0. The minimum absolute atomic E-state index is 0.742. The van der Waals surface area contributed by atoms with Gasteiger partial charge in [0.2, 0.25) is 0 Å². The third-order valence-corrected chi connectivity index (χ3v) is 2.39. The summed E-state index contributed by atoms with van der Waals surface area (Å²) in [6.07, 6.45) is 5.02. The molecule has 0 radical (unpaired) electrons. The summed E-state index contributed by atoms with van der Waals surface area (Å²) >= 11 is 6.07. The van der Waals surface area contributed by atoms with Crippen molar-refractivity contribution in [2.24, 2.45) is 0 Å². The molecule has 0 fully saturated rings. The number of benzene rings is 1. The van der Waals surface area contributed by atoms with Crippen LogP contribution in [0.3, 0.4) is 0 Å². The van der Waals surface area contributed by atoms with Crippen LogP contribution in [0.25, 0.3) is 11.8 Å². The Labute approximate surface area is 93.0 Å². The van der Waals surface area contributed by atoms with Gasteiger partial charge in [-0.2, -0.15) is 5.10 Å². The van der Waals surface area contributed by atoms with Crippen molar-refractivity contribution in [2.45, 2.75) is 6.92 Å². The smallest absolute Gasteiger partial charge is 0.138 e. The molecule has 76 valence electrons. The zero-order chi connectivity index (χ0) is 10.7. The van der Waals surface area contributed by atoms with Gasteiger partial charge in [0.05, 0.1) is 0 Å². The molecule has 2 rings (SSSR count). The fraction of sp³-hybridized carbons (Fsp3) is 0.0909. The normalized spacial score (nSPS) is 11.7. The summed E-state index contributed by atoms with van der Waals surface area (Å²) in [6.45, 7) is 1.99. The highest BCUT2D eigenvalue weighted by Crippen LogP contribution is 2.23. The van der Waals surface area contributed by atoms with Gasteiger partial charge in [-0.25, -0.2) is 9.67 Å². The monoisotopic (exact) mass is 219 g/mol. The molecule has 0 aliphatic heterocycles. The first-order valence-electron chi connectivity index (χ1n) is 4.55. The van der Waals surface area contributed by atoms with Gasteiger partial charge in [0.15, 0.2) is 0 Å². The highest BCUT2D eigenvalue weighted by atomic mass is 35.5. The third-order valence-electron chi connectivity index (χ3n) is 2.06. The number of halogens is 1. The van der Waals surface area contributed by atoms with Crippen molar-refractivity contribution >= 4 is 23.4 Å². The molecule has 1 aromatic carbocycles. The van der Waals surface area contributed by atoms with Crippen molar-refractivity contribution in [1.29, 1.82) is 0 Å². The second-order valence-corrected chi connectivity index (χ2v) is 3.57. The van der Waals surface area contributed by atoms with E-state index in [4.69, 9.17) is 11.6 Å². The molecular weight excluding hydrogens is 210 g/mol. The Balaban J connectivity index is 2.36. The summed E-state index contributed by atoms with van der Waals surface area (Å²) in [5, 5.41) is 4.74. The van der Waals surface area contributed by atoms with Crippen molar-refractivity contribution in [2.75, 3.05) is 0 Å². The molecule has 0 saturated carbocycles. The van der Waals surface area contributed by atoms with Gasteiger partial charge in [-0.15, -0.1) is 0 Å². The van der Waals surface area contributed by atoms with Gasteiger partial charge in [0.25, 0.3) is 0 Å². The molecule has 0 aliphatic rings. The Morgan fingerprint density at radius 2 is 2.20 bits per heavy atom. The van der Waals surface area contributed by atoms with E-state index in [0.29, 0.717) is 0 Å². The zero-order valence-electron chi connectivity index (χ0n) is 8.26. The predicted octanol–water partition coefficient (Wildman–Crippen LogP) is 2.95. The lowest BCUT2D eigenvalue weighted by Crippen LogP contribution is -1.89. The van der Waals surface area contributed by atoms with Gasteiger partial charge in [-0.1, -0.05) is 29.8 Å². The maximum atomic E-state index is 6.07. The van der Waals surface area contributed by atoms with Crippen LogP contribution in [0.4, 0.5) is 0 Å². The Morgan fingerprint density at radius 1 is 1.40 bits per heavy atom. The topological polar surface area (TPSA) is 30.7 Å². The van der Waals surface area contributed by atoms with E-state index in [0.717, 1.165) is 16.2 Å². The van der Waals surface area contributed by atoms with Crippen LogP contribution in [-0.4, -0.2) is 14.8 Å². The Morgan fingerprint density at radius 3 is 2.87 bits per heavy atom. The highest BCUT2D eigenvalue weighted by molar-refractivity contribution is 6.32. The van der Waals surface area contributed by atoms with Crippen LogP contribution >= 0.6 is 11.6 Å². The van der Waals surface area contributed by atoms with Gasteiger partial charge < -0.3 is 0 Å². The van der Waals surface area contributed by atoms with E-state index in [1.165, 1.54) is 6.33 Å². The van der Waals surface area contributed by atoms with Crippen molar-refractivity contribution in [1.82, 2.24) is 14.8 Å². The third kappa shape index (κ3) is 2.25. The lowest BCUT2D eigenvalue weighted by Gasteiger charge is -2.03. The van der Waals surface area contributed by atoms with Crippen LogP contribution in [-0.2, 0) is 0 Å². The number of hydrogen-bond acceptors (Lipinski definition) is 2. The summed E-state index contributed by atoms with van der Waals surface area (Å²) in [6, 6.07) is 7.72. The van der Waals surface area contributed by atoms with Gasteiger partial charge in [0, 0.05) is 11.2 Å². The van der Waals surface area contributed by atoms with Gasteiger partial charge >= 0.3 is 0 Å². The van der Waals surface area contributed by atoms with Crippen LogP contribution in [0.2, 0.25) is 5.02 Å². The molecule has 0 saturated heterocycles. The van der Waals surface area contributed by atoms with Crippen molar-refractivity contribution < 1.29 is 0 Å². The molecule has 0 aliphatic carbocycles. The first-order valence-corrected chi connectivity index (χ1v) is 4.92. The van der Waals surface area contributed by atoms with E-state index in [1.54, 1.807) is 11.0 Å². The van der Waals surface area contributed by atoms with E-state index in [1.807, 2.05) is 37.4 Å². The Hall–Kier alpha value is -1.61. The summed E-state index contributed by atoms with van der Waals surface area (Å²) in [5.74, 6) is 0. The molecule has 0 amide bonds. The van der Waals surface area contributed by atoms with Gasteiger partial charge in [0.1, 0.15) is 12.7 Å². The van der Waals surface area contributed by atoms with Crippen LogP contribution < -0.4 is 0 Å². The van der Waals surface area contributed by atoms with E-state index in [9.17, 15) is 0 Å². The first kappa shape index (κ1) is 9.93. The average Bonchev–Trinajstić information content (AvgIpc) is 2.71. The molecule has 0 bridgehead atoms. The van der Waals surface area contributed by atoms with Crippen LogP contribution in [0.5, 0.6) is 0 Å². The minimum atomic E-state index is 0.742. The standard InChI is InChI=1S/C11H10ClN3/c1-9(6-15-8-13-7-14-15)10-4-2-3-5-11(10)12/h2-8H,1H3/b9-6-. The first-order chi connectivity index (χ1) is 7.27. The zero-order valence-corrected chi connectivity index (χ0v) is 9.02. The van der Waals surface area contributed by atoms with E-state index >= 15 is 0 Å². The fourth-order valence-electron chi connectivity index (χ4n) is 1.33. The lowest BCUT2D eigenvalue weighted by molar-refractivity contribution is 0.934. The lowest BCUT2D eigenvalue weighted by atomic mass is 10.1. The molecule has 0 spiro atoms. The highest BCUT2D eigenvalue weighted by Gasteiger charge is 2.00. The quantitative estimate of drug-likeness (QED) is 0.778. The SMILES string of the molecule is C/C(=C/n1cncn1)c1ccccc1Cl. The van der Waals surface area contributed by atoms with Crippen molar-refractivity contribution in [3.8, 4) is 0 Å². The molecule has 4 heteroatoms. The number of rotatable bonds is 2. The van der Waals surface area contributed by atoms with Crippen LogP contribution in [0.15, 0.2) is 36.9 Å². The number of nitrogens with zero attached hydrogens (tertiary/aromatic N) is 3. The molecular formula is C11H10ClN3. The molecule has 0 N–H and O–H groups in total. The average molecular weight is 220 g/mol. The Kier molecular flexibility index (Phi) is 2.83. The summed E-state index contributed by atoms with van der Waals surface area (Å²) < 4.78 is 1.65. The minimum Gasteiger partial charge on any atom is -0.228 e. The summed E-state index contributed by atoms with van der Waals surface area (Å²) in [5.41, 5.74) is 2.06. The fourth-order valence-corrected chi connectivity index (χ4v) is 1.62. The number of aromatic nitrogens is 3. The molecule has 0 unspecified atom stereocenters. The van der Waals surface area contributed by atoms with Crippen molar-refractivity contribution in [3.05, 3.63) is 47.5 Å². The van der Waals surface area contributed by atoms with E-state index in [2.05, 4.69) is 10.1 Å². The maximum absolute atomic E-state index is 6.07. The molecule has 15 heavy (non-hydrogen) atoms. The van der Waals surface area contributed by atoms with Crippen LogP contribution in [0.1, 0.15) is 12.5 Å².